The van der Waals surface area contributed by atoms with Crippen molar-refractivity contribution >= 4 is 46.4 Å². The van der Waals surface area contributed by atoms with E-state index in [1.165, 1.54) is 13.8 Å². The summed E-state index contributed by atoms with van der Waals surface area (Å²) in [6.07, 6.45) is 0. The molecule has 2 aliphatic heterocycles. The number of esters is 1. The number of nitrogens with one attached hydrogen (secondary N) is 2. The summed E-state index contributed by atoms with van der Waals surface area (Å²) in [4.78, 5) is 60.9. The molecule has 2 heterocycles. The van der Waals surface area contributed by atoms with Crippen LogP contribution in [0.5, 0.6) is 0 Å². The number of rotatable bonds is 10. The first-order valence-electron chi connectivity index (χ1n) is 15.1. The van der Waals surface area contributed by atoms with Crippen LogP contribution in [0.25, 0.3) is 0 Å². The number of piperazine rings is 2. The summed E-state index contributed by atoms with van der Waals surface area (Å²) in [5.41, 5.74) is 9.44. The van der Waals surface area contributed by atoms with E-state index in [0.29, 0.717) is 22.5 Å². The minimum Gasteiger partial charge on any atom is -0.465 e. The summed E-state index contributed by atoms with van der Waals surface area (Å²) in [6.45, 7) is 11.1. The molecule has 12 heteroatoms. The minimum absolute atomic E-state index is 0.0777. The average molecular weight is 608 g/mol. The van der Waals surface area contributed by atoms with E-state index in [-0.39, 0.29) is 18.4 Å². The van der Waals surface area contributed by atoms with Crippen LogP contribution in [0.2, 0.25) is 0 Å². The summed E-state index contributed by atoms with van der Waals surface area (Å²) >= 11 is 0. The third-order valence-corrected chi connectivity index (χ3v) is 8.28. The molecular weight excluding hydrogens is 562 g/mol. The molecule has 238 valence electrons. The summed E-state index contributed by atoms with van der Waals surface area (Å²) in [6, 6.07) is 11.0. The van der Waals surface area contributed by atoms with Crippen LogP contribution in [0.1, 0.15) is 43.7 Å². The number of hydrogen-bond acceptors (Lipinski definition) is 9. The molecule has 0 aliphatic carbocycles. The van der Waals surface area contributed by atoms with Gasteiger partial charge >= 0.3 is 5.97 Å². The van der Waals surface area contributed by atoms with Crippen molar-refractivity contribution in [2.24, 2.45) is 5.73 Å². The van der Waals surface area contributed by atoms with Gasteiger partial charge in [0, 0.05) is 89.0 Å². The maximum Gasteiger partial charge on any atom is 0.314 e. The Balaban J connectivity index is 1.90. The van der Waals surface area contributed by atoms with E-state index in [1.807, 2.05) is 24.3 Å². The fourth-order valence-electron chi connectivity index (χ4n) is 5.92. The fourth-order valence-corrected chi connectivity index (χ4v) is 5.92. The van der Waals surface area contributed by atoms with E-state index in [4.69, 9.17) is 10.5 Å². The van der Waals surface area contributed by atoms with Crippen molar-refractivity contribution in [1.29, 1.82) is 0 Å². The van der Waals surface area contributed by atoms with E-state index in [9.17, 15) is 19.2 Å². The van der Waals surface area contributed by atoms with Crippen LogP contribution in [-0.2, 0) is 23.9 Å². The molecule has 2 aliphatic rings. The maximum atomic E-state index is 13.9. The molecule has 3 amide bonds. The molecular formula is C32H45N7O5. The van der Waals surface area contributed by atoms with Crippen molar-refractivity contribution in [2.75, 3.05) is 93.5 Å². The Morgan fingerprint density at radius 2 is 1.14 bits per heavy atom. The van der Waals surface area contributed by atoms with Crippen molar-refractivity contribution in [3.8, 4) is 0 Å². The van der Waals surface area contributed by atoms with Crippen LogP contribution in [-0.4, -0.2) is 107 Å². The predicted molar refractivity (Wildman–Crippen MR) is 172 cm³/mol. The molecule has 0 saturated carbocycles. The van der Waals surface area contributed by atoms with Gasteiger partial charge in [-0.3, -0.25) is 19.2 Å². The number of nitrogens with two attached hydrogens (primary N) is 1. The number of primary amides is 1. The van der Waals surface area contributed by atoms with E-state index in [0.717, 1.165) is 63.7 Å². The van der Waals surface area contributed by atoms with Gasteiger partial charge in [0.25, 0.3) is 0 Å². The first kappa shape index (κ1) is 32.7. The SMILES string of the molecule is CCOC(=O)C(c1cc(N2CCN(C)CC2)ccc1NC(C)=O)C(C(N)=O)c1cc(N2CCN(C)CC2)ccc1NC(C)=O. The number of nitrogens with zero attached hydrogens (tertiary/aromatic N) is 4. The number of hydrogen-bond donors (Lipinski definition) is 3. The van der Waals surface area contributed by atoms with Gasteiger partial charge in [0.2, 0.25) is 17.7 Å². The number of amides is 3. The number of benzene rings is 2. The third kappa shape index (κ3) is 7.86. The number of carbonyl (C=O) groups excluding carboxylic acids is 4. The lowest BCUT2D eigenvalue weighted by molar-refractivity contribution is -0.147. The van der Waals surface area contributed by atoms with Gasteiger partial charge in [0.05, 0.1) is 18.4 Å². The van der Waals surface area contributed by atoms with Crippen LogP contribution >= 0.6 is 0 Å². The molecule has 0 radical (unpaired) electrons. The van der Waals surface area contributed by atoms with Crippen molar-refractivity contribution in [2.45, 2.75) is 32.6 Å². The molecule has 2 aromatic carbocycles. The molecule has 2 unspecified atom stereocenters. The Kier molecular flexibility index (Phi) is 10.8. The monoisotopic (exact) mass is 607 g/mol. The summed E-state index contributed by atoms with van der Waals surface area (Å²) < 4.78 is 5.57. The molecule has 2 aromatic rings. The lowest BCUT2D eigenvalue weighted by Crippen LogP contribution is -2.44. The highest BCUT2D eigenvalue weighted by Gasteiger charge is 2.40. The normalized spacial score (nSPS) is 17.5. The van der Waals surface area contributed by atoms with Gasteiger partial charge < -0.3 is 40.7 Å². The van der Waals surface area contributed by atoms with Gasteiger partial charge in [0.15, 0.2) is 0 Å². The summed E-state index contributed by atoms with van der Waals surface area (Å²) in [5, 5.41) is 5.67. The van der Waals surface area contributed by atoms with Gasteiger partial charge in [-0.2, -0.15) is 0 Å². The molecule has 44 heavy (non-hydrogen) atoms. The van der Waals surface area contributed by atoms with E-state index in [2.05, 4.69) is 44.3 Å². The molecule has 0 bridgehead atoms. The first-order chi connectivity index (χ1) is 21.0. The highest BCUT2D eigenvalue weighted by molar-refractivity contribution is 5.98. The van der Waals surface area contributed by atoms with Gasteiger partial charge in [-0.15, -0.1) is 0 Å². The number of anilines is 4. The zero-order chi connectivity index (χ0) is 32.0. The Bertz CT molecular complexity index is 1370. The van der Waals surface area contributed by atoms with E-state index >= 15 is 0 Å². The Labute approximate surface area is 259 Å². The lowest BCUT2D eigenvalue weighted by Gasteiger charge is -2.36. The van der Waals surface area contributed by atoms with Crippen LogP contribution in [0.3, 0.4) is 0 Å². The van der Waals surface area contributed by atoms with Gasteiger partial charge in [-0.1, -0.05) is 0 Å². The summed E-state index contributed by atoms with van der Waals surface area (Å²) in [7, 11) is 4.14. The molecule has 0 aromatic heterocycles. The van der Waals surface area contributed by atoms with Crippen LogP contribution < -0.4 is 26.2 Å². The van der Waals surface area contributed by atoms with Crippen molar-refractivity contribution in [3.63, 3.8) is 0 Å². The van der Waals surface area contributed by atoms with Crippen LogP contribution in [0.4, 0.5) is 22.7 Å². The number of likely N-dealkylation sites (N-methyl/N-ethyl adjacent to an activating group) is 2. The second kappa shape index (κ2) is 14.5. The van der Waals surface area contributed by atoms with Gasteiger partial charge in [-0.05, 0) is 68.5 Å². The second-order valence-corrected chi connectivity index (χ2v) is 11.6. The number of ether oxygens (including phenoxy) is 1. The molecule has 2 saturated heterocycles. The third-order valence-electron chi connectivity index (χ3n) is 8.28. The second-order valence-electron chi connectivity index (χ2n) is 11.6. The van der Waals surface area contributed by atoms with E-state index < -0.39 is 23.7 Å². The van der Waals surface area contributed by atoms with Crippen LogP contribution in [0.15, 0.2) is 36.4 Å². The standard InChI is InChI=1S/C32H45N7O5/c1-6-44-32(43)30(26-20-24(8-10-28(26)35-22(3)41)39-17-13-37(5)14-18-39)29(31(33)42)25-19-23(7-9-27(25)34-21(2)40)38-15-11-36(4)12-16-38/h7-10,19-20,29-30H,6,11-18H2,1-5H3,(H2,33,42)(H,34,40)(H,35,41). The molecule has 2 fully saturated rings. The zero-order valence-electron chi connectivity index (χ0n) is 26.4. The predicted octanol–water partition coefficient (Wildman–Crippen LogP) is 2.02. The average Bonchev–Trinajstić information content (AvgIpc) is 2.97. The highest BCUT2D eigenvalue weighted by Crippen LogP contribution is 2.43. The Morgan fingerprint density at radius 1 is 0.727 bits per heavy atom. The Morgan fingerprint density at radius 3 is 1.50 bits per heavy atom. The van der Waals surface area contributed by atoms with Crippen molar-refractivity contribution in [1.82, 2.24) is 9.80 Å². The Hall–Kier alpha value is -4.16. The van der Waals surface area contributed by atoms with Crippen LogP contribution in [0, 0.1) is 0 Å². The first-order valence-corrected chi connectivity index (χ1v) is 15.1. The quantitative estimate of drug-likeness (QED) is 0.346. The molecule has 0 spiro atoms. The molecule has 2 atom stereocenters. The number of carbonyl (C=O) groups is 4. The highest BCUT2D eigenvalue weighted by atomic mass is 16.5. The topological polar surface area (TPSA) is 141 Å². The maximum absolute atomic E-state index is 13.9. The fraction of sp³-hybridized carbons (Fsp3) is 0.500. The zero-order valence-corrected chi connectivity index (χ0v) is 26.4. The molecule has 4 rings (SSSR count). The van der Waals surface area contributed by atoms with Gasteiger partial charge in [-0.25, -0.2) is 0 Å². The summed E-state index contributed by atoms with van der Waals surface area (Å²) in [5.74, 6) is -4.50. The van der Waals surface area contributed by atoms with E-state index in [1.54, 1.807) is 19.1 Å². The lowest BCUT2D eigenvalue weighted by atomic mass is 9.79. The molecule has 4 N–H and O–H groups in total. The minimum atomic E-state index is -1.22. The smallest absolute Gasteiger partial charge is 0.314 e. The largest absolute Gasteiger partial charge is 0.465 e. The van der Waals surface area contributed by atoms with Crippen molar-refractivity contribution in [3.05, 3.63) is 47.5 Å². The van der Waals surface area contributed by atoms with Gasteiger partial charge in [0.1, 0.15) is 0 Å². The van der Waals surface area contributed by atoms with Crippen molar-refractivity contribution < 1.29 is 23.9 Å². The molecule has 12 nitrogen and oxygen atoms in total.